The van der Waals surface area contributed by atoms with Crippen molar-refractivity contribution in [3.05, 3.63) is 59.5 Å². The molecule has 1 aromatic carbocycles. The summed E-state index contributed by atoms with van der Waals surface area (Å²) in [5.41, 5.74) is 6.24. The van der Waals surface area contributed by atoms with Crippen LogP contribution < -0.4 is 0 Å². The van der Waals surface area contributed by atoms with E-state index in [0.717, 1.165) is 52.2 Å². The Bertz CT molecular complexity index is 840. The Morgan fingerprint density at radius 1 is 1.05 bits per heavy atom. The number of benzene rings is 1. The van der Waals surface area contributed by atoms with Crippen LogP contribution in [0, 0.1) is 6.92 Å². The minimum atomic E-state index is 0.261. The number of furan rings is 1. The van der Waals surface area contributed by atoms with Gasteiger partial charge in [-0.25, -0.2) is 0 Å². The number of carbonyl (C=O) groups is 1. The Labute approximate surface area is 129 Å². The van der Waals surface area contributed by atoms with Gasteiger partial charge in [0, 0.05) is 28.8 Å². The van der Waals surface area contributed by atoms with Gasteiger partial charge >= 0.3 is 0 Å². The van der Waals surface area contributed by atoms with E-state index < -0.39 is 0 Å². The molecular formula is C19H17NO2. The Balaban J connectivity index is 1.95. The fourth-order valence-corrected chi connectivity index (χ4v) is 3.43. The molecule has 0 amide bonds. The quantitative estimate of drug-likeness (QED) is 0.739. The number of rotatable bonds is 2. The number of ketones is 1. The number of aryl methyl sites for hydroxylation is 1. The molecule has 3 aromatic rings. The molecule has 3 heteroatoms. The lowest BCUT2D eigenvalue weighted by molar-refractivity contribution is 0.0972. The zero-order chi connectivity index (χ0) is 15.1. The number of aromatic nitrogens is 1. The number of aromatic amines is 1. The molecule has 2 heterocycles. The van der Waals surface area contributed by atoms with Crippen molar-refractivity contribution < 1.29 is 9.21 Å². The number of carbonyl (C=O) groups excluding carboxylic acids is 1. The molecule has 0 bridgehead atoms. The fraction of sp³-hybridized carbons (Fsp3) is 0.211. The lowest BCUT2D eigenvalue weighted by atomic mass is 9.88. The first kappa shape index (κ1) is 13.1. The van der Waals surface area contributed by atoms with Crippen LogP contribution in [-0.4, -0.2) is 10.8 Å². The SMILES string of the molecule is Cc1[nH]c(-c2ccccc2-c2ccco2)c2c1C(=O)CCC2. The van der Waals surface area contributed by atoms with Crippen molar-refractivity contribution in [2.45, 2.75) is 26.2 Å². The van der Waals surface area contributed by atoms with Gasteiger partial charge in [-0.2, -0.15) is 0 Å². The first-order valence-electron chi connectivity index (χ1n) is 7.63. The van der Waals surface area contributed by atoms with Crippen molar-refractivity contribution in [1.82, 2.24) is 4.98 Å². The lowest BCUT2D eigenvalue weighted by Gasteiger charge is -2.14. The van der Waals surface area contributed by atoms with Gasteiger partial charge in [0.2, 0.25) is 0 Å². The molecule has 0 unspecified atom stereocenters. The highest BCUT2D eigenvalue weighted by molar-refractivity contribution is 6.02. The third-order valence-electron chi connectivity index (χ3n) is 4.38. The van der Waals surface area contributed by atoms with Gasteiger partial charge in [-0.15, -0.1) is 0 Å². The summed E-state index contributed by atoms with van der Waals surface area (Å²) in [7, 11) is 0. The molecule has 0 aliphatic heterocycles. The Kier molecular flexibility index (Phi) is 3.00. The Hall–Kier alpha value is -2.55. The van der Waals surface area contributed by atoms with Crippen LogP contribution in [0.15, 0.2) is 47.1 Å². The minimum absolute atomic E-state index is 0.261. The summed E-state index contributed by atoms with van der Waals surface area (Å²) in [4.78, 5) is 15.7. The van der Waals surface area contributed by atoms with Crippen molar-refractivity contribution in [3.8, 4) is 22.6 Å². The van der Waals surface area contributed by atoms with Gasteiger partial charge in [-0.1, -0.05) is 24.3 Å². The van der Waals surface area contributed by atoms with E-state index in [4.69, 9.17) is 4.42 Å². The van der Waals surface area contributed by atoms with Crippen molar-refractivity contribution in [1.29, 1.82) is 0 Å². The highest BCUT2D eigenvalue weighted by Gasteiger charge is 2.26. The van der Waals surface area contributed by atoms with Crippen molar-refractivity contribution in [2.75, 3.05) is 0 Å². The number of hydrogen-bond donors (Lipinski definition) is 1. The monoisotopic (exact) mass is 291 g/mol. The first-order chi connectivity index (χ1) is 10.8. The zero-order valence-corrected chi connectivity index (χ0v) is 12.5. The van der Waals surface area contributed by atoms with Gasteiger partial charge in [0.1, 0.15) is 5.76 Å². The van der Waals surface area contributed by atoms with Gasteiger partial charge in [-0.3, -0.25) is 4.79 Å². The molecule has 1 aliphatic rings. The number of fused-ring (bicyclic) bond motifs is 1. The summed E-state index contributed by atoms with van der Waals surface area (Å²) in [6, 6.07) is 12.0. The molecule has 0 fully saturated rings. The molecule has 0 atom stereocenters. The second kappa shape index (κ2) is 5.02. The zero-order valence-electron chi connectivity index (χ0n) is 12.5. The predicted octanol–water partition coefficient (Wildman–Crippen LogP) is 4.77. The number of H-pyrrole nitrogens is 1. The van der Waals surface area contributed by atoms with Crippen LogP contribution in [0.3, 0.4) is 0 Å². The molecule has 0 radical (unpaired) electrons. The maximum Gasteiger partial charge on any atom is 0.164 e. The van der Waals surface area contributed by atoms with E-state index in [9.17, 15) is 4.79 Å². The van der Waals surface area contributed by atoms with Crippen molar-refractivity contribution >= 4 is 5.78 Å². The number of nitrogens with one attached hydrogen (secondary N) is 1. The molecule has 0 spiro atoms. The van der Waals surface area contributed by atoms with E-state index >= 15 is 0 Å². The van der Waals surface area contributed by atoms with E-state index in [1.807, 2.05) is 31.2 Å². The van der Waals surface area contributed by atoms with Gasteiger partial charge in [0.05, 0.1) is 12.0 Å². The van der Waals surface area contributed by atoms with E-state index in [1.165, 1.54) is 0 Å². The maximum atomic E-state index is 12.2. The predicted molar refractivity (Wildman–Crippen MR) is 85.9 cm³/mol. The lowest BCUT2D eigenvalue weighted by Crippen LogP contribution is -2.10. The molecule has 3 nitrogen and oxygen atoms in total. The third kappa shape index (κ3) is 1.93. The Morgan fingerprint density at radius 2 is 1.86 bits per heavy atom. The highest BCUT2D eigenvalue weighted by Crippen LogP contribution is 2.38. The molecule has 0 saturated carbocycles. The molecule has 110 valence electrons. The summed E-state index contributed by atoms with van der Waals surface area (Å²) in [5, 5.41) is 0. The van der Waals surface area contributed by atoms with Crippen LogP contribution in [0.4, 0.5) is 0 Å². The van der Waals surface area contributed by atoms with Gasteiger partial charge in [0.15, 0.2) is 5.78 Å². The molecular weight excluding hydrogens is 274 g/mol. The van der Waals surface area contributed by atoms with Crippen molar-refractivity contribution in [2.24, 2.45) is 0 Å². The minimum Gasteiger partial charge on any atom is -0.464 e. The second-order valence-corrected chi connectivity index (χ2v) is 5.78. The number of Topliss-reactive ketones (excluding diaryl/α,β-unsaturated/α-hetero) is 1. The van der Waals surface area contributed by atoms with Crippen LogP contribution in [0.25, 0.3) is 22.6 Å². The van der Waals surface area contributed by atoms with E-state index in [1.54, 1.807) is 6.26 Å². The summed E-state index contributed by atoms with van der Waals surface area (Å²) < 4.78 is 5.57. The molecule has 2 aromatic heterocycles. The average Bonchev–Trinajstić information content (AvgIpc) is 3.16. The van der Waals surface area contributed by atoms with Gasteiger partial charge in [-0.05, 0) is 37.5 Å². The van der Waals surface area contributed by atoms with Gasteiger partial charge < -0.3 is 9.40 Å². The number of hydrogen-bond acceptors (Lipinski definition) is 2. The molecule has 4 rings (SSSR count). The van der Waals surface area contributed by atoms with Crippen molar-refractivity contribution in [3.63, 3.8) is 0 Å². The van der Waals surface area contributed by atoms with E-state index in [-0.39, 0.29) is 5.78 Å². The summed E-state index contributed by atoms with van der Waals surface area (Å²) >= 11 is 0. The van der Waals surface area contributed by atoms with E-state index in [0.29, 0.717) is 6.42 Å². The summed E-state index contributed by atoms with van der Waals surface area (Å²) in [6.45, 7) is 1.99. The first-order valence-corrected chi connectivity index (χ1v) is 7.63. The van der Waals surface area contributed by atoms with Crippen LogP contribution in [0.1, 0.15) is 34.5 Å². The average molecular weight is 291 g/mol. The van der Waals surface area contributed by atoms with Crippen LogP contribution in [0.2, 0.25) is 0 Å². The fourth-order valence-electron chi connectivity index (χ4n) is 3.43. The molecule has 22 heavy (non-hydrogen) atoms. The topological polar surface area (TPSA) is 46.0 Å². The molecule has 1 aliphatic carbocycles. The normalized spacial score (nSPS) is 14.1. The third-order valence-corrected chi connectivity index (χ3v) is 4.38. The summed E-state index contributed by atoms with van der Waals surface area (Å²) in [6.07, 6.45) is 4.22. The molecule has 0 saturated heterocycles. The second-order valence-electron chi connectivity index (χ2n) is 5.78. The summed E-state index contributed by atoms with van der Waals surface area (Å²) in [5.74, 6) is 1.11. The maximum absolute atomic E-state index is 12.2. The Morgan fingerprint density at radius 3 is 2.64 bits per heavy atom. The van der Waals surface area contributed by atoms with E-state index in [2.05, 4.69) is 17.1 Å². The smallest absolute Gasteiger partial charge is 0.164 e. The largest absolute Gasteiger partial charge is 0.464 e. The standard InChI is InChI=1S/C19H17NO2/c1-12-18-15(8-4-9-16(18)21)19(20-12)14-7-3-2-6-13(14)17-10-5-11-22-17/h2-3,5-7,10-11,20H,4,8-9H2,1H3. The van der Waals surface area contributed by atoms with Crippen LogP contribution >= 0.6 is 0 Å². The highest BCUT2D eigenvalue weighted by atomic mass is 16.3. The van der Waals surface area contributed by atoms with Gasteiger partial charge in [0.25, 0.3) is 0 Å². The van der Waals surface area contributed by atoms with Crippen LogP contribution in [-0.2, 0) is 6.42 Å². The molecule has 1 N–H and O–H groups in total. The van der Waals surface area contributed by atoms with Crippen LogP contribution in [0.5, 0.6) is 0 Å².